The van der Waals surface area contributed by atoms with Crippen LogP contribution in [-0.4, -0.2) is 14.5 Å². The number of nitrogens with one attached hydrogen (secondary N) is 1. The number of aryl methyl sites for hydroxylation is 1. The van der Waals surface area contributed by atoms with Crippen LogP contribution in [0.25, 0.3) is 0 Å². The summed E-state index contributed by atoms with van der Waals surface area (Å²) >= 11 is 6.08. The summed E-state index contributed by atoms with van der Waals surface area (Å²) in [6, 6.07) is 3.03. The normalized spacial score (nSPS) is 23.8. The monoisotopic (exact) mass is 330 g/mol. The van der Waals surface area contributed by atoms with Crippen LogP contribution in [0.2, 0.25) is 5.02 Å². The molecule has 0 bridgehead atoms. The Morgan fingerprint density at radius 1 is 1.24 bits per heavy atom. The molecule has 1 saturated carbocycles. The van der Waals surface area contributed by atoms with Gasteiger partial charge < -0.3 is 5.73 Å². The van der Waals surface area contributed by atoms with Crippen molar-refractivity contribution in [2.75, 3.05) is 5.73 Å². The lowest BCUT2D eigenvalue weighted by Crippen LogP contribution is -2.34. The zero-order chi connectivity index (χ0) is 15.6. The van der Waals surface area contributed by atoms with Crippen molar-refractivity contribution in [1.29, 1.82) is 0 Å². The van der Waals surface area contributed by atoms with Gasteiger partial charge in [0.2, 0.25) is 10.0 Å². The van der Waals surface area contributed by atoms with Crippen molar-refractivity contribution in [3.8, 4) is 0 Å². The highest BCUT2D eigenvalue weighted by atomic mass is 35.5. The van der Waals surface area contributed by atoms with Crippen LogP contribution in [-0.2, 0) is 10.0 Å². The van der Waals surface area contributed by atoms with Crippen molar-refractivity contribution < 1.29 is 8.42 Å². The highest BCUT2D eigenvalue weighted by Gasteiger charge is 2.25. The van der Waals surface area contributed by atoms with Gasteiger partial charge in [0.1, 0.15) is 4.90 Å². The second-order valence-electron chi connectivity index (χ2n) is 6.07. The predicted molar refractivity (Wildman–Crippen MR) is 87.0 cm³/mol. The zero-order valence-corrected chi connectivity index (χ0v) is 14.1. The third-order valence-electron chi connectivity index (χ3n) is 4.19. The maximum Gasteiger partial charge on any atom is 0.242 e. The van der Waals surface area contributed by atoms with Gasteiger partial charge >= 0.3 is 0 Å². The summed E-state index contributed by atoms with van der Waals surface area (Å²) in [4.78, 5) is 0.0737. The van der Waals surface area contributed by atoms with E-state index in [1.165, 1.54) is 6.07 Å². The number of hydrogen-bond donors (Lipinski definition) is 2. The Balaban J connectivity index is 2.20. The van der Waals surface area contributed by atoms with Crippen LogP contribution in [0.3, 0.4) is 0 Å². The van der Waals surface area contributed by atoms with E-state index < -0.39 is 10.0 Å². The third-order valence-corrected chi connectivity index (χ3v) is 6.17. The van der Waals surface area contributed by atoms with Gasteiger partial charge in [0.15, 0.2) is 0 Å². The average molecular weight is 331 g/mol. The molecule has 1 aliphatic carbocycles. The molecule has 0 aromatic heterocycles. The van der Waals surface area contributed by atoms with Gasteiger partial charge in [-0.05, 0) is 49.8 Å². The van der Waals surface area contributed by atoms with Gasteiger partial charge in [-0.15, -0.1) is 0 Å². The smallest absolute Gasteiger partial charge is 0.242 e. The molecule has 2 unspecified atom stereocenters. The molecule has 1 aliphatic rings. The zero-order valence-electron chi connectivity index (χ0n) is 12.5. The number of nitrogens with two attached hydrogens (primary N) is 1. The van der Waals surface area contributed by atoms with E-state index in [0.29, 0.717) is 11.6 Å². The topological polar surface area (TPSA) is 72.2 Å². The molecule has 21 heavy (non-hydrogen) atoms. The molecule has 4 nitrogen and oxygen atoms in total. The average Bonchev–Trinajstić information content (AvgIpc) is 2.58. The molecule has 0 amide bonds. The van der Waals surface area contributed by atoms with Crippen molar-refractivity contribution in [1.82, 2.24) is 4.72 Å². The Morgan fingerprint density at radius 2 is 1.95 bits per heavy atom. The van der Waals surface area contributed by atoms with Crippen LogP contribution >= 0.6 is 11.6 Å². The van der Waals surface area contributed by atoms with Crippen LogP contribution in [0, 0.1) is 12.8 Å². The minimum atomic E-state index is -3.63. The summed E-state index contributed by atoms with van der Waals surface area (Å²) in [5.74, 6) is 0.665. The van der Waals surface area contributed by atoms with E-state index in [2.05, 4.69) is 11.6 Å². The van der Waals surface area contributed by atoms with E-state index in [1.807, 2.05) is 0 Å². The maximum absolute atomic E-state index is 12.5. The first kappa shape index (κ1) is 16.6. The first-order valence-electron chi connectivity index (χ1n) is 7.37. The van der Waals surface area contributed by atoms with Crippen LogP contribution in [0.4, 0.5) is 5.69 Å². The first-order valence-corrected chi connectivity index (χ1v) is 9.23. The lowest BCUT2D eigenvalue weighted by atomic mass is 10.0. The molecule has 0 saturated heterocycles. The van der Waals surface area contributed by atoms with Gasteiger partial charge in [-0.3, -0.25) is 0 Å². The van der Waals surface area contributed by atoms with Gasteiger partial charge in [0, 0.05) is 11.7 Å². The van der Waals surface area contributed by atoms with Crippen molar-refractivity contribution in [2.45, 2.75) is 56.9 Å². The Morgan fingerprint density at radius 3 is 2.67 bits per heavy atom. The summed E-state index contributed by atoms with van der Waals surface area (Å²) in [5.41, 5.74) is 7.03. The standard InChI is InChI=1S/C15H23ClN2O2S/c1-10-4-3-5-12(7-6-10)18-21(19,20)15-9-14(17)11(2)8-13(15)16/h8-10,12,18H,3-7,17H2,1-2H3. The molecule has 3 N–H and O–H groups in total. The predicted octanol–water partition coefficient (Wildman–Crippen LogP) is 3.48. The highest BCUT2D eigenvalue weighted by Crippen LogP contribution is 2.28. The molecule has 0 heterocycles. The van der Waals surface area contributed by atoms with E-state index in [9.17, 15) is 8.42 Å². The van der Waals surface area contributed by atoms with Crippen LogP contribution in [0.5, 0.6) is 0 Å². The van der Waals surface area contributed by atoms with E-state index in [-0.39, 0.29) is 16.0 Å². The van der Waals surface area contributed by atoms with E-state index in [0.717, 1.165) is 37.7 Å². The molecule has 0 aliphatic heterocycles. The molecular formula is C15H23ClN2O2S. The Bertz CT molecular complexity index is 616. The molecule has 2 rings (SSSR count). The fourth-order valence-electron chi connectivity index (χ4n) is 2.76. The fourth-order valence-corrected chi connectivity index (χ4v) is 4.68. The SMILES string of the molecule is Cc1cc(Cl)c(S(=O)(=O)NC2CCCC(C)CC2)cc1N. The molecule has 2 atom stereocenters. The van der Waals surface area contributed by atoms with Gasteiger partial charge in [-0.2, -0.15) is 0 Å². The largest absolute Gasteiger partial charge is 0.398 e. The molecule has 1 aromatic carbocycles. The number of rotatable bonds is 3. The number of nitrogen functional groups attached to an aromatic ring is 1. The van der Waals surface area contributed by atoms with Crippen molar-refractivity contribution in [3.05, 3.63) is 22.7 Å². The second-order valence-corrected chi connectivity index (χ2v) is 8.16. The van der Waals surface area contributed by atoms with Crippen molar-refractivity contribution in [3.63, 3.8) is 0 Å². The summed E-state index contributed by atoms with van der Waals surface area (Å²) in [6.07, 6.45) is 5.02. The number of hydrogen-bond acceptors (Lipinski definition) is 3. The number of anilines is 1. The molecule has 118 valence electrons. The van der Waals surface area contributed by atoms with Gasteiger partial charge in [0.25, 0.3) is 0 Å². The summed E-state index contributed by atoms with van der Waals surface area (Å²) in [5, 5.41) is 0.219. The summed E-state index contributed by atoms with van der Waals surface area (Å²) in [7, 11) is -3.63. The minimum Gasteiger partial charge on any atom is -0.398 e. The lowest BCUT2D eigenvalue weighted by molar-refractivity contribution is 0.484. The number of benzene rings is 1. The number of sulfonamides is 1. The van der Waals surface area contributed by atoms with E-state index in [1.54, 1.807) is 13.0 Å². The van der Waals surface area contributed by atoms with Gasteiger partial charge in [-0.25, -0.2) is 13.1 Å². The van der Waals surface area contributed by atoms with E-state index >= 15 is 0 Å². The maximum atomic E-state index is 12.5. The Hall–Kier alpha value is -0.780. The van der Waals surface area contributed by atoms with Gasteiger partial charge in [0.05, 0.1) is 5.02 Å². The molecule has 1 aromatic rings. The van der Waals surface area contributed by atoms with Gasteiger partial charge in [-0.1, -0.05) is 31.4 Å². The summed E-state index contributed by atoms with van der Waals surface area (Å²) in [6.45, 7) is 4.02. The number of halogens is 1. The van der Waals surface area contributed by atoms with Crippen LogP contribution < -0.4 is 10.5 Å². The quantitative estimate of drug-likeness (QED) is 0.658. The Kier molecular flexibility index (Phi) is 5.17. The lowest BCUT2D eigenvalue weighted by Gasteiger charge is -2.18. The molecule has 1 fully saturated rings. The minimum absolute atomic E-state index is 0.0152. The van der Waals surface area contributed by atoms with E-state index in [4.69, 9.17) is 17.3 Å². The molecule has 0 radical (unpaired) electrons. The molecule has 6 heteroatoms. The molecule has 0 spiro atoms. The Labute approximate surface area is 132 Å². The third kappa shape index (κ3) is 4.11. The van der Waals surface area contributed by atoms with Crippen molar-refractivity contribution in [2.24, 2.45) is 5.92 Å². The first-order chi connectivity index (χ1) is 9.79. The summed E-state index contributed by atoms with van der Waals surface area (Å²) < 4.78 is 27.8. The van der Waals surface area contributed by atoms with Crippen LogP contribution in [0.15, 0.2) is 17.0 Å². The molecular weight excluding hydrogens is 308 g/mol. The van der Waals surface area contributed by atoms with Crippen molar-refractivity contribution >= 4 is 27.3 Å². The van der Waals surface area contributed by atoms with Crippen LogP contribution in [0.1, 0.15) is 44.6 Å². The fraction of sp³-hybridized carbons (Fsp3) is 0.600. The highest BCUT2D eigenvalue weighted by molar-refractivity contribution is 7.89. The second kappa shape index (κ2) is 6.55.